The number of hydrogen-bond donors (Lipinski definition) is 0. The lowest BCUT2D eigenvalue weighted by molar-refractivity contribution is 0.579. The van der Waals surface area contributed by atoms with Crippen LogP contribution in [0.3, 0.4) is 0 Å². The molecule has 1 aliphatic rings. The van der Waals surface area contributed by atoms with E-state index in [1.165, 1.54) is 0 Å². The van der Waals surface area contributed by atoms with Crippen molar-refractivity contribution in [1.29, 1.82) is 0 Å². The zero-order valence-corrected chi connectivity index (χ0v) is 15.9. The van der Waals surface area contributed by atoms with Gasteiger partial charge in [0.2, 0.25) is 9.84 Å². The molecule has 0 spiro atoms. The summed E-state index contributed by atoms with van der Waals surface area (Å²) in [6.45, 7) is 0. The third-order valence-corrected chi connectivity index (χ3v) is 7.44. The molecule has 0 atom stereocenters. The average molecular weight is 382 g/mol. The first kappa shape index (κ1) is 17.0. The molecule has 4 aromatic rings. The first-order valence-corrected chi connectivity index (χ1v) is 10.7. The van der Waals surface area contributed by atoms with Gasteiger partial charge in [0.25, 0.3) is 0 Å². The highest BCUT2D eigenvalue weighted by atomic mass is 32.2. The van der Waals surface area contributed by atoms with E-state index >= 15 is 0 Å². The summed E-state index contributed by atoms with van der Waals surface area (Å²) in [4.78, 5) is 0.753. The van der Waals surface area contributed by atoms with Crippen LogP contribution in [0, 0.1) is 0 Å². The Morgan fingerprint density at radius 1 is 0.464 bits per heavy atom. The van der Waals surface area contributed by atoms with Gasteiger partial charge in [-0.15, -0.1) is 0 Å². The molecular weight excluding hydrogens is 364 g/mol. The summed E-state index contributed by atoms with van der Waals surface area (Å²) in [6.07, 6.45) is 0. The van der Waals surface area contributed by atoms with Crippen LogP contribution in [-0.4, -0.2) is 8.42 Å². The smallest absolute Gasteiger partial charge is 0.207 e. The second-order valence-corrected chi connectivity index (χ2v) is 8.86. The highest BCUT2D eigenvalue weighted by Crippen LogP contribution is 2.53. The molecule has 28 heavy (non-hydrogen) atoms. The molecule has 0 radical (unpaired) electrons. The zero-order chi connectivity index (χ0) is 19.2. The van der Waals surface area contributed by atoms with Gasteiger partial charge in [-0.2, -0.15) is 0 Å². The van der Waals surface area contributed by atoms with Crippen molar-refractivity contribution in [2.24, 2.45) is 0 Å². The Labute approximate surface area is 165 Å². The van der Waals surface area contributed by atoms with Crippen molar-refractivity contribution >= 4 is 9.84 Å². The Balaban J connectivity index is 2.05. The Morgan fingerprint density at radius 3 is 1.25 bits per heavy atom. The third-order valence-electron chi connectivity index (χ3n) is 5.57. The topological polar surface area (TPSA) is 34.1 Å². The van der Waals surface area contributed by atoms with Crippen LogP contribution in [0.15, 0.2) is 119 Å². The van der Waals surface area contributed by atoms with Crippen LogP contribution < -0.4 is 0 Å². The van der Waals surface area contributed by atoms with E-state index in [4.69, 9.17) is 0 Å². The molecule has 0 bridgehead atoms. The van der Waals surface area contributed by atoms with Crippen molar-refractivity contribution in [2.45, 2.75) is 15.2 Å². The molecule has 0 fully saturated rings. The molecule has 136 valence electrons. The number of fused-ring (bicyclic) bond motifs is 2. The standard InChI is InChI=1S/C25H18O2S/c26-28(27)23-17-9-7-15-21(23)25(19-11-3-1-4-12-19,20-13-5-2-6-14-20)22-16-8-10-18-24(22)28/h1-18H. The van der Waals surface area contributed by atoms with Crippen molar-refractivity contribution in [3.05, 3.63) is 131 Å². The van der Waals surface area contributed by atoms with Crippen molar-refractivity contribution in [3.8, 4) is 0 Å². The van der Waals surface area contributed by atoms with E-state index in [0.717, 1.165) is 22.3 Å². The van der Waals surface area contributed by atoms with Crippen LogP contribution in [0.4, 0.5) is 0 Å². The molecule has 0 N–H and O–H groups in total. The molecule has 1 aliphatic heterocycles. The maximum atomic E-state index is 13.4. The van der Waals surface area contributed by atoms with Crippen molar-refractivity contribution in [1.82, 2.24) is 0 Å². The quantitative estimate of drug-likeness (QED) is 0.420. The molecule has 0 unspecified atom stereocenters. The van der Waals surface area contributed by atoms with E-state index < -0.39 is 15.3 Å². The van der Waals surface area contributed by atoms with Crippen LogP contribution in [0.1, 0.15) is 22.3 Å². The molecule has 0 aliphatic carbocycles. The fourth-order valence-corrected chi connectivity index (χ4v) is 6.22. The summed E-state index contributed by atoms with van der Waals surface area (Å²) in [5.41, 5.74) is 3.00. The number of sulfone groups is 1. The van der Waals surface area contributed by atoms with Gasteiger partial charge in [-0.05, 0) is 34.4 Å². The number of hydrogen-bond acceptors (Lipinski definition) is 2. The van der Waals surface area contributed by atoms with Crippen LogP contribution in [-0.2, 0) is 15.3 Å². The SMILES string of the molecule is O=S1(=O)c2ccccc2C(c2ccccc2)(c2ccccc2)c2ccccc21. The lowest BCUT2D eigenvalue weighted by Gasteiger charge is -2.41. The second-order valence-electron chi connectivity index (χ2n) is 6.98. The van der Waals surface area contributed by atoms with Gasteiger partial charge < -0.3 is 0 Å². The Bertz CT molecular complexity index is 1170. The molecule has 1 heterocycles. The summed E-state index contributed by atoms with van der Waals surface area (Å²) in [5.74, 6) is 0. The Morgan fingerprint density at radius 2 is 0.821 bits per heavy atom. The molecule has 0 saturated heterocycles. The first-order valence-electron chi connectivity index (χ1n) is 9.22. The van der Waals surface area contributed by atoms with Crippen LogP contribution in [0.5, 0.6) is 0 Å². The average Bonchev–Trinajstić information content (AvgIpc) is 2.76. The van der Waals surface area contributed by atoms with Crippen molar-refractivity contribution in [2.75, 3.05) is 0 Å². The maximum Gasteiger partial charge on any atom is 0.207 e. The van der Waals surface area contributed by atoms with Gasteiger partial charge >= 0.3 is 0 Å². The summed E-state index contributed by atoms with van der Waals surface area (Å²) in [6, 6.07) is 35.1. The third kappa shape index (κ3) is 2.17. The van der Waals surface area contributed by atoms with Gasteiger partial charge in [0.05, 0.1) is 15.2 Å². The Kier molecular flexibility index (Phi) is 3.74. The van der Waals surface area contributed by atoms with Gasteiger partial charge in [-0.3, -0.25) is 0 Å². The van der Waals surface area contributed by atoms with Crippen LogP contribution in [0.25, 0.3) is 0 Å². The Hall–Kier alpha value is -3.17. The highest BCUT2D eigenvalue weighted by molar-refractivity contribution is 7.91. The van der Waals surface area contributed by atoms with Gasteiger partial charge in [-0.1, -0.05) is 97.1 Å². The predicted molar refractivity (Wildman–Crippen MR) is 110 cm³/mol. The summed E-state index contributed by atoms with van der Waals surface area (Å²) < 4.78 is 26.9. The van der Waals surface area contributed by atoms with E-state index in [0.29, 0.717) is 9.79 Å². The second kappa shape index (κ2) is 6.18. The van der Waals surface area contributed by atoms with Crippen LogP contribution in [0.2, 0.25) is 0 Å². The minimum atomic E-state index is -3.59. The fraction of sp³-hybridized carbons (Fsp3) is 0.0400. The molecular formula is C25H18O2S. The van der Waals surface area contributed by atoms with E-state index in [9.17, 15) is 8.42 Å². The van der Waals surface area contributed by atoms with E-state index in [1.807, 2.05) is 60.7 Å². The highest BCUT2D eigenvalue weighted by Gasteiger charge is 2.48. The predicted octanol–water partition coefficient (Wildman–Crippen LogP) is 5.22. The van der Waals surface area contributed by atoms with E-state index in [1.54, 1.807) is 24.3 Å². The summed E-state index contributed by atoms with van der Waals surface area (Å²) in [7, 11) is -3.59. The van der Waals surface area contributed by atoms with Crippen molar-refractivity contribution in [3.63, 3.8) is 0 Å². The van der Waals surface area contributed by atoms with E-state index in [-0.39, 0.29) is 0 Å². The van der Waals surface area contributed by atoms with Gasteiger partial charge in [0.1, 0.15) is 0 Å². The zero-order valence-electron chi connectivity index (χ0n) is 15.1. The molecule has 0 amide bonds. The fourth-order valence-electron chi connectivity index (χ4n) is 4.45. The van der Waals surface area contributed by atoms with Crippen molar-refractivity contribution < 1.29 is 8.42 Å². The van der Waals surface area contributed by atoms with E-state index in [2.05, 4.69) is 24.3 Å². The van der Waals surface area contributed by atoms with Gasteiger partial charge in [0.15, 0.2) is 0 Å². The number of benzene rings is 4. The van der Waals surface area contributed by atoms with Crippen LogP contribution >= 0.6 is 0 Å². The molecule has 5 rings (SSSR count). The molecule has 4 aromatic carbocycles. The first-order chi connectivity index (χ1) is 13.7. The van der Waals surface area contributed by atoms with Gasteiger partial charge in [-0.25, -0.2) is 8.42 Å². The van der Waals surface area contributed by atoms with Gasteiger partial charge in [0, 0.05) is 0 Å². The molecule has 3 heteroatoms. The minimum Gasteiger partial charge on any atom is -0.218 e. The number of rotatable bonds is 2. The normalized spacial score (nSPS) is 16.0. The lowest BCUT2D eigenvalue weighted by Crippen LogP contribution is -2.37. The molecule has 0 aromatic heterocycles. The maximum absolute atomic E-state index is 13.4. The minimum absolute atomic E-state index is 0.376. The molecule has 2 nitrogen and oxygen atoms in total. The molecule has 0 saturated carbocycles. The monoisotopic (exact) mass is 382 g/mol. The summed E-state index contributed by atoms with van der Waals surface area (Å²) >= 11 is 0. The largest absolute Gasteiger partial charge is 0.218 e. The lowest BCUT2D eigenvalue weighted by atomic mass is 9.65. The summed E-state index contributed by atoms with van der Waals surface area (Å²) in [5, 5.41) is 0.